The summed E-state index contributed by atoms with van der Waals surface area (Å²) in [4.78, 5) is 2.00. The van der Waals surface area contributed by atoms with E-state index in [1.807, 2.05) is 29.2 Å². The predicted molar refractivity (Wildman–Crippen MR) is 87.4 cm³/mol. The second-order valence-electron chi connectivity index (χ2n) is 5.24. The maximum Gasteiger partial charge on any atom is 0.208 e. The first kappa shape index (κ1) is 15.2. The van der Waals surface area contributed by atoms with Crippen molar-refractivity contribution in [2.45, 2.75) is 12.2 Å². The van der Waals surface area contributed by atoms with Crippen LogP contribution < -0.4 is 9.64 Å². The zero-order valence-electron chi connectivity index (χ0n) is 12.4. The first-order chi connectivity index (χ1) is 10.5. The second kappa shape index (κ2) is 5.85. The summed E-state index contributed by atoms with van der Waals surface area (Å²) in [6, 6.07) is 7.64. The van der Waals surface area contributed by atoms with Gasteiger partial charge in [0.1, 0.15) is 10.8 Å². The lowest BCUT2D eigenvalue weighted by Gasteiger charge is -2.30. The molecule has 8 heteroatoms. The average molecular weight is 339 g/mol. The standard InChI is InChI=1S/C14H17N3O3S2/c1-10-9-17(7-8-22(10,18)19)14-16-15-13(21-14)11-3-5-12(20-2)6-4-11/h3-6,10H,7-9H2,1-2H3. The highest BCUT2D eigenvalue weighted by Gasteiger charge is 2.30. The molecule has 1 aromatic heterocycles. The minimum Gasteiger partial charge on any atom is -0.497 e. The normalized spacial score (nSPS) is 20.8. The number of benzene rings is 1. The van der Waals surface area contributed by atoms with Gasteiger partial charge in [-0.1, -0.05) is 11.3 Å². The number of anilines is 1. The van der Waals surface area contributed by atoms with Crippen LogP contribution in [0.3, 0.4) is 0 Å². The van der Waals surface area contributed by atoms with Crippen molar-refractivity contribution in [3.8, 4) is 16.3 Å². The summed E-state index contributed by atoms with van der Waals surface area (Å²) in [6.45, 7) is 2.69. The Morgan fingerprint density at radius 2 is 2.00 bits per heavy atom. The molecule has 1 atom stereocenters. The van der Waals surface area contributed by atoms with Crippen LogP contribution in [0.4, 0.5) is 5.13 Å². The summed E-state index contributed by atoms with van der Waals surface area (Å²) >= 11 is 1.48. The van der Waals surface area contributed by atoms with Crippen LogP contribution in [0.15, 0.2) is 24.3 Å². The van der Waals surface area contributed by atoms with Crippen molar-refractivity contribution >= 4 is 26.3 Å². The minimum atomic E-state index is -2.95. The summed E-state index contributed by atoms with van der Waals surface area (Å²) in [5.41, 5.74) is 0.974. The average Bonchev–Trinajstić information content (AvgIpc) is 3.00. The lowest BCUT2D eigenvalue weighted by Crippen LogP contribution is -2.45. The Morgan fingerprint density at radius 1 is 1.27 bits per heavy atom. The van der Waals surface area contributed by atoms with E-state index in [0.717, 1.165) is 21.5 Å². The Hall–Kier alpha value is -1.67. The quantitative estimate of drug-likeness (QED) is 0.849. The molecule has 0 spiro atoms. The van der Waals surface area contributed by atoms with E-state index in [4.69, 9.17) is 4.74 Å². The number of methoxy groups -OCH3 is 1. The summed E-state index contributed by atoms with van der Waals surface area (Å²) in [6.07, 6.45) is 0. The molecule has 118 valence electrons. The smallest absolute Gasteiger partial charge is 0.208 e. The molecule has 1 fully saturated rings. The number of hydrogen-bond acceptors (Lipinski definition) is 7. The fourth-order valence-electron chi connectivity index (χ4n) is 2.32. The van der Waals surface area contributed by atoms with Crippen molar-refractivity contribution in [3.63, 3.8) is 0 Å². The van der Waals surface area contributed by atoms with Crippen LogP contribution in [-0.4, -0.2) is 49.8 Å². The van der Waals surface area contributed by atoms with E-state index in [0.29, 0.717) is 13.1 Å². The molecule has 0 radical (unpaired) electrons. The third-order valence-corrected chi connectivity index (χ3v) is 6.92. The topological polar surface area (TPSA) is 72.4 Å². The molecule has 1 aliphatic rings. The third kappa shape index (κ3) is 2.93. The van der Waals surface area contributed by atoms with Gasteiger partial charge in [-0.3, -0.25) is 0 Å². The predicted octanol–water partition coefficient (Wildman–Crippen LogP) is 1.84. The van der Waals surface area contributed by atoms with Crippen molar-refractivity contribution in [3.05, 3.63) is 24.3 Å². The highest BCUT2D eigenvalue weighted by atomic mass is 32.2. The third-order valence-electron chi connectivity index (χ3n) is 3.76. The molecular weight excluding hydrogens is 322 g/mol. The van der Waals surface area contributed by atoms with Crippen LogP contribution in [0, 0.1) is 0 Å². The molecule has 1 aliphatic heterocycles. The van der Waals surface area contributed by atoms with E-state index in [2.05, 4.69) is 10.2 Å². The molecule has 22 heavy (non-hydrogen) atoms. The van der Waals surface area contributed by atoms with Gasteiger partial charge in [0.25, 0.3) is 0 Å². The molecule has 0 aliphatic carbocycles. The molecule has 1 aromatic carbocycles. The van der Waals surface area contributed by atoms with Crippen LogP contribution >= 0.6 is 11.3 Å². The molecule has 2 heterocycles. The van der Waals surface area contributed by atoms with Gasteiger partial charge in [-0.05, 0) is 31.2 Å². The van der Waals surface area contributed by atoms with Crippen molar-refractivity contribution in [2.24, 2.45) is 0 Å². The molecule has 2 aromatic rings. The number of sulfone groups is 1. The van der Waals surface area contributed by atoms with Gasteiger partial charge in [0.05, 0.1) is 18.1 Å². The van der Waals surface area contributed by atoms with Crippen LogP contribution in [0.2, 0.25) is 0 Å². The van der Waals surface area contributed by atoms with E-state index in [1.54, 1.807) is 14.0 Å². The summed E-state index contributed by atoms with van der Waals surface area (Å²) in [7, 11) is -1.33. The zero-order chi connectivity index (χ0) is 15.7. The Kier molecular flexibility index (Phi) is 4.05. The van der Waals surface area contributed by atoms with Crippen molar-refractivity contribution in [1.29, 1.82) is 0 Å². The lowest BCUT2D eigenvalue weighted by molar-refractivity contribution is 0.415. The van der Waals surface area contributed by atoms with Gasteiger partial charge in [-0.25, -0.2) is 8.42 Å². The summed E-state index contributed by atoms with van der Waals surface area (Å²) in [5.74, 6) is 0.967. The van der Waals surface area contributed by atoms with Gasteiger partial charge >= 0.3 is 0 Å². The van der Waals surface area contributed by atoms with Gasteiger partial charge in [0, 0.05) is 18.7 Å². The van der Waals surface area contributed by atoms with E-state index >= 15 is 0 Å². The molecule has 6 nitrogen and oxygen atoms in total. The molecule has 0 saturated carbocycles. The Balaban J connectivity index is 1.79. The highest BCUT2D eigenvalue weighted by molar-refractivity contribution is 7.92. The second-order valence-corrected chi connectivity index (χ2v) is 8.74. The molecule has 1 saturated heterocycles. The van der Waals surface area contributed by atoms with Crippen molar-refractivity contribution in [2.75, 3.05) is 30.9 Å². The maximum atomic E-state index is 11.8. The van der Waals surface area contributed by atoms with Crippen LogP contribution in [0.1, 0.15) is 6.92 Å². The molecule has 0 bridgehead atoms. The Morgan fingerprint density at radius 3 is 2.64 bits per heavy atom. The number of nitrogens with zero attached hydrogens (tertiary/aromatic N) is 3. The maximum absolute atomic E-state index is 11.8. The van der Waals surface area contributed by atoms with E-state index in [9.17, 15) is 8.42 Å². The fraction of sp³-hybridized carbons (Fsp3) is 0.429. The van der Waals surface area contributed by atoms with E-state index in [1.165, 1.54) is 11.3 Å². The lowest BCUT2D eigenvalue weighted by atomic mass is 10.2. The van der Waals surface area contributed by atoms with Gasteiger partial charge < -0.3 is 9.64 Å². The molecule has 3 rings (SSSR count). The largest absolute Gasteiger partial charge is 0.497 e. The van der Waals surface area contributed by atoms with Gasteiger partial charge in [-0.2, -0.15) is 0 Å². The molecular formula is C14H17N3O3S2. The van der Waals surface area contributed by atoms with Gasteiger partial charge in [-0.15, -0.1) is 10.2 Å². The van der Waals surface area contributed by atoms with Crippen molar-refractivity contribution in [1.82, 2.24) is 10.2 Å². The minimum absolute atomic E-state index is 0.172. The first-order valence-corrected chi connectivity index (χ1v) is 9.47. The SMILES string of the molecule is COc1ccc(-c2nnc(N3CCS(=O)(=O)C(C)C3)s2)cc1. The number of aromatic nitrogens is 2. The van der Waals surface area contributed by atoms with E-state index < -0.39 is 9.84 Å². The summed E-state index contributed by atoms with van der Waals surface area (Å²) < 4.78 is 28.7. The van der Waals surface area contributed by atoms with Crippen LogP contribution in [0.5, 0.6) is 5.75 Å². The van der Waals surface area contributed by atoms with Crippen LogP contribution in [-0.2, 0) is 9.84 Å². The first-order valence-electron chi connectivity index (χ1n) is 6.94. The Labute approximate surface area is 133 Å². The fourth-order valence-corrected chi connectivity index (χ4v) is 4.49. The summed E-state index contributed by atoms with van der Waals surface area (Å²) in [5, 5.41) is 9.65. The van der Waals surface area contributed by atoms with Crippen LogP contribution in [0.25, 0.3) is 10.6 Å². The molecule has 0 amide bonds. The highest BCUT2D eigenvalue weighted by Crippen LogP contribution is 2.31. The van der Waals surface area contributed by atoms with Gasteiger partial charge in [0.2, 0.25) is 5.13 Å². The Bertz CT molecular complexity index is 756. The van der Waals surface area contributed by atoms with Gasteiger partial charge in [0.15, 0.2) is 9.84 Å². The monoisotopic (exact) mass is 339 g/mol. The number of hydrogen-bond donors (Lipinski definition) is 0. The number of ether oxygens (including phenoxy) is 1. The molecule has 0 N–H and O–H groups in total. The molecule has 1 unspecified atom stereocenters. The number of rotatable bonds is 3. The van der Waals surface area contributed by atoms with E-state index in [-0.39, 0.29) is 11.0 Å². The van der Waals surface area contributed by atoms with Crippen molar-refractivity contribution < 1.29 is 13.2 Å². The zero-order valence-corrected chi connectivity index (χ0v) is 14.0.